The Bertz CT molecular complexity index is 738. The van der Waals surface area contributed by atoms with Gasteiger partial charge in [0.25, 0.3) is 0 Å². The largest absolute Gasteiger partial charge is 0.490 e. The van der Waals surface area contributed by atoms with Gasteiger partial charge in [-0.05, 0) is 24.3 Å². The smallest absolute Gasteiger partial charge is 0.332 e. The molecule has 0 aliphatic rings. The molecule has 0 radical (unpaired) electrons. The Morgan fingerprint density at radius 3 is 2.86 bits per heavy atom. The van der Waals surface area contributed by atoms with Crippen LogP contribution in [0.4, 0.5) is 10.5 Å². The molecule has 0 unspecified atom stereocenters. The third-order valence-electron chi connectivity index (χ3n) is 2.65. The summed E-state index contributed by atoms with van der Waals surface area (Å²) in [5.41, 5.74) is 7.22. The van der Waals surface area contributed by atoms with E-state index in [0.29, 0.717) is 17.1 Å². The normalized spacial score (nSPS) is 10.6. The standard InChI is InChI=1S/C13H12N4O5/c1-21-12-4-2-8(6-10(12)17(19)20)11-5-3-9(22-11)7-15-16-13(14)18/h2-7H,1H3,(H3,14,16,18)/b15-7+. The van der Waals surface area contributed by atoms with E-state index in [1.54, 1.807) is 18.2 Å². The number of hydrogen-bond acceptors (Lipinski definition) is 6. The van der Waals surface area contributed by atoms with E-state index in [0.717, 1.165) is 0 Å². The van der Waals surface area contributed by atoms with Crippen LogP contribution in [0.25, 0.3) is 11.3 Å². The Morgan fingerprint density at radius 1 is 1.45 bits per heavy atom. The lowest BCUT2D eigenvalue weighted by atomic mass is 10.1. The van der Waals surface area contributed by atoms with Crippen LogP contribution in [0.3, 0.4) is 0 Å². The SMILES string of the molecule is COc1ccc(-c2ccc(/C=N/NC(N)=O)o2)cc1[N+](=O)[O-]. The molecular formula is C13H12N4O5. The van der Waals surface area contributed by atoms with Gasteiger partial charge in [-0.3, -0.25) is 10.1 Å². The zero-order valence-corrected chi connectivity index (χ0v) is 11.5. The molecule has 1 aromatic heterocycles. The highest BCUT2D eigenvalue weighted by atomic mass is 16.6. The number of nitrogens with zero attached hydrogens (tertiary/aromatic N) is 2. The van der Waals surface area contributed by atoms with Crippen molar-refractivity contribution in [1.29, 1.82) is 0 Å². The first-order chi connectivity index (χ1) is 10.5. The van der Waals surface area contributed by atoms with Gasteiger partial charge in [-0.1, -0.05) is 0 Å². The molecule has 1 aromatic carbocycles. The molecular weight excluding hydrogens is 292 g/mol. The number of furan rings is 1. The van der Waals surface area contributed by atoms with Crippen molar-refractivity contribution in [3.05, 3.63) is 46.2 Å². The third kappa shape index (κ3) is 3.39. The molecule has 0 atom stereocenters. The maximum atomic E-state index is 11.0. The van der Waals surface area contributed by atoms with Crippen LogP contribution >= 0.6 is 0 Å². The van der Waals surface area contributed by atoms with Crippen LogP contribution in [0.15, 0.2) is 39.9 Å². The Kier molecular flexibility index (Phi) is 4.37. The lowest BCUT2D eigenvalue weighted by molar-refractivity contribution is -0.385. The molecule has 3 N–H and O–H groups in total. The van der Waals surface area contributed by atoms with Crippen LogP contribution in [-0.4, -0.2) is 24.3 Å². The molecule has 0 fully saturated rings. The van der Waals surface area contributed by atoms with Crippen molar-refractivity contribution in [1.82, 2.24) is 5.43 Å². The van der Waals surface area contributed by atoms with Crippen LogP contribution in [0.2, 0.25) is 0 Å². The summed E-state index contributed by atoms with van der Waals surface area (Å²) in [6.45, 7) is 0. The lowest BCUT2D eigenvalue weighted by Gasteiger charge is -2.03. The Hall–Kier alpha value is -3.36. The number of hydrazone groups is 1. The van der Waals surface area contributed by atoms with Gasteiger partial charge in [0.15, 0.2) is 5.75 Å². The Morgan fingerprint density at radius 2 is 2.23 bits per heavy atom. The number of carbonyl (C=O) groups excluding carboxylic acids is 1. The summed E-state index contributed by atoms with van der Waals surface area (Å²) in [4.78, 5) is 20.9. The number of nitrogens with two attached hydrogens (primary N) is 1. The van der Waals surface area contributed by atoms with E-state index in [1.807, 2.05) is 5.43 Å². The molecule has 2 rings (SSSR count). The predicted octanol–water partition coefficient (Wildman–Crippen LogP) is 1.87. The summed E-state index contributed by atoms with van der Waals surface area (Å²) in [5.74, 6) is 0.918. The highest BCUT2D eigenvalue weighted by molar-refractivity contribution is 5.80. The molecule has 2 aromatic rings. The number of urea groups is 1. The van der Waals surface area contributed by atoms with E-state index in [1.165, 1.54) is 25.5 Å². The molecule has 0 saturated carbocycles. The van der Waals surface area contributed by atoms with Gasteiger partial charge in [0.2, 0.25) is 0 Å². The molecule has 0 bridgehead atoms. The number of benzene rings is 1. The minimum Gasteiger partial charge on any atom is -0.490 e. The van der Waals surface area contributed by atoms with E-state index < -0.39 is 11.0 Å². The van der Waals surface area contributed by atoms with E-state index >= 15 is 0 Å². The first kappa shape index (κ1) is 15.0. The second kappa shape index (κ2) is 6.39. The molecule has 0 saturated heterocycles. The van der Waals surface area contributed by atoms with Gasteiger partial charge < -0.3 is 14.9 Å². The van der Waals surface area contributed by atoms with Crippen LogP contribution in [0.5, 0.6) is 5.75 Å². The number of rotatable bonds is 5. The molecule has 0 spiro atoms. The van der Waals surface area contributed by atoms with E-state index in [4.69, 9.17) is 14.9 Å². The topological polar surface area (TPSA) is 133 Å². The molecule has 9 heteroatoms. The van der Waals surface area contributed by atoms with Crippen molar-refractivity contribution in [2.75, 3.05) is 7.11 Å². The number of nitrogens with one attached hydrogen (secondary N) is 1. The number of carbonyl (C=O) groups is 1. The fraction of sp³-hybridized carbons (Fsp3) is 0.0769. The van der Waals surface area contributed by atoms with Crippen molar-refractivity contribution in [3.8, 4) is 17.1 Å². The number of methoxy groups -OCH3 is 1. The second-order valence-electron chi connectivity index (χ2n) is 4.08. The van der Waals surface area contributed by atoms with Crippen LogP contribution in [-0.2, 0) is 0 Å². The Balaban J connectivity index is 2.27. The van der Waals surface area contributed by atoms with Gasteiger partial charge in [0.1, 0.15) is 11.5 Å². The van der Waals surface area contributed by atoms with Crippen LogP contribution in [0.1, 0.15) is 5.76 Å². The third-order valence-corrected chi connectivity index (χ3v) is 2.65. The molecule has 22 heavy (non-hydrogen) atoms. The number of nitro benzene ring substituents is 1. The number of ether oxygens (including phenoxy) is 1. The van der Waals surface area contributed by atoms with Gasteiger partial charge >= 0.3 is 11.7 Å². The number of nitro groups is 1. The summed E-state index contributed by atoms with van der Waals surface area (Å²) in [7, 11) is 1.36. The highest BCUT2D eigenvalue weighted by Gasteiger charge is 2.17. The summed E-state index contributed by atoms with van der Waals surface area (Å²) in [5, 5.41) is 14.5. The van der Waals surface area contributed by atoms with Gasteiger partial charge in [0, 0.05) is 11.6 Å². The highest BCUT2D eigenvalue weighted by Crippen LogP contribution is 2.32. The quantitative estimate of drug-likeness (QED) is 0.494. The van der Waals surface area contributed by atoms with Crippen molar-refractivity contribution >= 4 is 17.9 Å². The van der Waals surface area contributed by atoms with E-state index in [2.05, 4.69) is 5.10 Å². The van der Waals surface area contributed by atoms with Gasteiger partial charge in [0.05, 0.1) is 18.2 Å². The van der Waals surface area contributed by atoms with Gasteiger partial charge in [-0.15, -0.1) is 0 Å². The second-order valence-corrected chi connectivity index (χ2v) is 4.08. The summed E-state index contributed by atoms with van der Waals surface area (Å²) in [6.07, 6.45) is 1.26. The lowest BCUT2D eigenvalue weighted by Crippen LogP contribution is -2.24. The van der Waals surface area contributed by atoms with Crippen molar-refractivity contribution in [2.45, 2.75) is 0 Å². The molecule has 0 aliphatic heterocycles. The Labute approximate surface area is 124 Å². The zero-order valence-electron chi connectivity index (χ0n) is 11.5. The molecule has 2 amide bonds. The first-order valence-electron chi connectivity index (χ1n) is 6.02. The average molecular weight is 304 g/mol. The minimum atomic E-state index is -0.797. The van der Waals surface area contributed by atoms with Crippen molar-refractivity contribution < 1.29 is 18.9 Å². The van der Waals surface area contributed by atoms with Crippen LogP contribution in [0, 0.1) is 10.1 Å². The number of primary amides is 1. The van der Waals surface area contributed by atoms with E-state index in [-0.39, 0.29) is 11.4 Å². The first-order valence-corrected chi connectivity index (χ1v) is 6.02. The molecule has 9 nitrogen and oxygen atoms in total. The maximum Gasteiger partial charge on any atom is 0.332 e. The minimum absolute atomic E-state index is 0.160. The van der Waals surface area contributed by atoms with Crippen LogP contribution < -0.4 is 15.9 Å². The number of hydrogen-bond donors (Lipinski definition) is 2. The average Bonchev–Trinajstić information content (AvgIpc) is 2.95. The fourth-order valence-corrected chi connectivity index (χ4v) is 1.72. The molecule has 0 aliphatic carbocycles. The summed E-state index contributed by atoms with van der Waals surface area (Å²) < 4.78 is 10.4. The number of amides is 2. The van der Waals surface area contributed by atoms with Crippen molar-refractivity contribution in [3.63, 3.8) is 0 Å². The molecule has 114 valence electrons. The van der Waals surface area contributed by atoms with Crippen molar-refractivity contribution in [2.24, 2.45) is 10.8 Å². The predicted molar refractivity (Wildman–Crippen MR) is 77.7 cm³/mol. The van der Waals surface area contributed by atoms with Gasteiger partial charge in [-0.2, -0.15) is 5.10 Å². The fourth-order valence-electron chi connectivity index (χ4n) is 1.72. The van der Waals surface area contributed by atoms with E-state index in [9.17, 15) is 14.9 Å². The zero-order chi connectivity index (χ0) is 16.1. The summed E-state index contributed by atoms with van der Waals surface area (Å²) in [6, 6.07) is 6.88. The summed E-state index contributed by atoms with van der Waals surface area (Å²) >= 11 is 0. The molecule has 1 heterocycles. The van der Waals surface area contributed by atoms with Gasteiger partial charge in [-0.25, -0.2) is 10.2 Å². The maximum absolute atomic E-state index is 11.0. The monoisotopic (exact) mass is 304 g/mol.